The molecule has 0 saturated carbocycles. The number of hydrogen-bond acceptors (Lipinski definition) is 8. The molecule has 1 aromatic carbocycles. The summed E-state index contributed by atoms with van der Waals surface area (Å²) in [5, 5.41) is 7.73. The number of anilines is 2. The average molecular weight is 363 g/mol. The predicted octanol–water partition coefficient (Wildman–Crippen LogP) is 0.922. The molecule has 1 aromatic heterocycles. The van der Waals surface area contributed by atoms with Gasteiger partial charge in [-0.1, -0.05) is 30.3 Å². The van der Waals surface area contributed by atoms with Crippen molar-refractivity contribution in [2.75, 3.05) is 48.3 Å². The van der Waals surface area contributed by atoms with Crippen LogP contribution in [-0.2, 0) is 16.1 Å². The van der Waals surface area contributed by atoms with Crippen molar-refractivity contribution in [1.82, 2.24) is 19.3 Å². The Labute approximate surface area is 150 Å². The lowest BCUT2D eigenvalue weighted by molar-refractivity contribution is -0.113. The van der Waals surface area contributed by atoms with Crippen molar-refractivity contribution in [3.63, 3.8) is 0 Å². The zero-order valence-electron chi connectivity index (χ0n) is 14.0. The van der Waals surface area contributed by atoms with Crippen LogP contribution >= 0.6 is 11.9 Å². The third-order valence-electron chi connectivity index (χ3n) is 3.67. The molecule has 1 amide bonds. The monoisotopic (exact) mass is 363 g/mol. The Bertz CT molecular complexity index is 676. The molecule has 2 N–H and O–H groups in total. The van der Waals surface area contributed by atoms with Crippen LogP contribution in [0.3, 0.4) is 0 Å². The van der Waals surface area contributed by atoms with Crippen LogP contribution in [0.5, 0.6) is 0 Å². The molecule has 0 spiro atoms. The van der Waals surface area contributed by atoms with Gasteiger partial charge in [-0.25, -0.2) is 5.53 Å². The molecule has 25 heavy (non-hydrogen) atoms. The highest BCUT2D eigenvalue weighted by atomic mass is 32.2. The third kappa shape index (κ3) is 4.54. The molecule has 9 nitrogen and oxygen atoms in total. The average Bonchev–Trinajstić information content (AvgIpc) is 3.08. The van der Waals surface area contributed by atoms with E-state index in [-0.39, 0.29) is 0 Å². The van der Waals surface area contributed by atoms with Gasteiger partial charge in [0.2, 0.25) is 18.3 Å². The van der Waals surface area contributed by atoms with Crippen molar-refractivity contribution in [3.05, 3.63) is 35.9 Å². The Morgan fingerprint density at radius 3 is 2.76 bits per heavy atom. The lowest BCUT2D eigenvalue weighted by atomic mass is 10.2. The van der Waals surface area contributed by atoms with E-state index >= 15 is 0 Å². The molecule has 10 heteroatoms. The van der Waals surface area contributed by atoms with E-state index in [1.807, 2.05) is 30.3 Å². The topological polar surface area (TPSA) is 87.6 Å². The molecule has 1 fully saturated rings. The van der Waals surface area contributed by atoms with Gasteiger partial charge in [-0.15, -0.1) is 9.89 Å². The summed E-state index contributed by atoms with van der Waals surface area (Å²) in [5.74, 6) is 1.13. The van der Waals surface area contributed by atoms with E-state index in [9.17, 15) is 4.79 Å². The molecule has 0 aliphatic carbocycles. The zero-order valence-corrected chi connectivity index (χ0v) is 14.8. The summed E-state index contributed by atoms with van der Waals surface area (Å²) < 4.78 is 6.68. The first-order valence-corrected chi connectivity index (χ1v) is 9.11. The van der Waals surface area contributed by atoms with Gasteiger partial charge in [-0.05, 0) is 17.5 Å². The normalized spacial score (nSPS) is 14.2. The molecule has 0 atom stereocenters. The number of benzene rings is 1. The molecule has 1 aliphatic heterocycles. The first kappa shape index (κ1) is 17.4. The number of nitrogens with zero attached hydrogens (tertiary/aromatic N) is 5. The van der Waals surface area contributed by atoms with Crippen molar-refractivity contribution in [1.29, 1.82) is 0 Å². The van der Waals surface area contributed by atoms with Crippen molar-refractivity contribution >= 4 is 30.3 Å². The second-order valence-electron chi connectivity index (χ2n) is 5.30. The molecule has 2 aromatic rings. The number of hydrogen-bond donors (Lipinski definition) is 2. The van der Waals surface area contributed by atoms with Gasteiger partial charge in [0.25, 0.3) is 0 Å². The highest BCUT2D eigenvalue weighted by Crippen LogP contribution is 2.15. The van der Waals surface area contributed by atoms with E-state index in [4.69, 9.17) is 4.74 Å². The molecule has 134 valence electrons. The van der Waals surface area contributed by atoms with Crippen molar-refractivity contribution in [2.24, 2.45) is 0 Å². The molecule has 0 radical (unpaired) electrons. The zero-order chi connectivity index (χ0) is 17.5. The maximum Gasteiger partial charge on any atom is 0.248 e. The highest BCUT2D eigenvalue weighted by molar-refractivity contribution is 7.96. The quantitative estimate of drug-likeness (QED) is 0.407. The minimum absolute atomic E-state index is 0.534. The summed E-state index contributed by atoms with van der Waals surface area (Å²) in [7, 11) is 0. The van der Waals surface area contributed by atoms with Crippen LogP contribution in [0.15, 0.2) is 30.3 Å². The van der Waals surface area contributed by atoms with E-state index in [2.05, 4.69) is 25.8 Å². The lowest BCUT2D eigenvalue weighted by Gasteiger charge is -2.25. The molecular weight excluding hydrogens is 342 g/mol. The second-order valence-corrected chi connectivity index (χ2v) is 6.06. The summed E-state index contributed by atoms with van der Waals surface area (Å²) in [6.07, 6.45) is 2.47. The van der Waals surface area contributed by atoms with Gasteiger partial charge in [0.05, 0.1) is 13.2 Å². The standard InChI is InChI=1S/C15H21N7O2S/c1-25-21(12-23)19-22-14(16-11-13-5-3-2-4-6-13)17-15(18-22)20-7-9-24-10-8-20/h2-6,12,19H,7-11H2,1H3,(H,16,17,18). The second kappa shape index (κ2) is 8.58. The van der Waals surface area contributed by atoms with E-state index < -0.39 is 0 Å². The Kier molecular flexibility index (Phi) is 5.96. The van der Waals surface area contributed by atoms with Crippen LogP contribution in [0, 0.1) is 0 Å². The summed E-state index contributed by atoms with van der Waals surface area (Å²) in [6, 6.07) is 10.0. The maximum atomic E-state index is 11.1. The fourth-order valence-electron chi connectivity index (χ4n) is 2.36. The van der Waals surface area contributed by atoms with Crippen LogP contribution in [0.4, 0.5) is 11.9 Å². The molecule has 3 rings (SSSR count). The van der Waals surface area contributed by atoms with Gasteiger partial charge in [-0.2, -0.15) is 9.40 Å². The number of ether oxygens (including phenoxy) is 1. The maximum absolute atomic E-state index is 11.1. The van der Waals surface area contributed by atoms with E-state index in [0.717, 1.165) is 18.7 Å². The Balaban J connectivity index is 1.77. The number of morpholine rings is 1. The van der Waals surface area contributed by atoms with Gasteiger partial charge < -0.3 is 15.0 Å². The lowest BCUT2D eigenvalue weighted by Crippen LogP contribution is -2.37. The van der Waals surface area contributed by atoms with Crippen molar-refractivity contribution < 1.29 is 9.53 Å². The van der Waals surface area contributed by atoms with Crippen LogP contribution in [0.2, 0.25) is 0 Å². The van der Waals surface area contributed by atoms with Crippen LogP contribution in [0.1, 0.15) is 5.56 Å². The first-order valence-electron chi connectivity index (χ1n) is 7.93. The van der Waals surface area contributed by atoms with Crippen molar-refractivity contribution in [3.8, 4) is 0 Å². The van der Waals surface area contributed by atoms with Crippen molar-refractivity contribution in [2.45, 2.75) is 6.54 Å². The fraction of sp³-hybridized carbons (Fsp3) is 0.400. The minimum atomic E-state index is 0.534. The largest absolute Gasteiger partial charge is 0.378 e. The summed E-state index contributed by atoms with van der Waals surface area (Å²) in [6.45, 7) is 3.38. The number of amides is 1. The van der Waals surface area contributed by atoms with Gasteiger partial charge in [0.1, 0.15) is 0 Å². The first-order chi connectivity index (χ1) is 12.3. The Hall–Kier alpha value is -2.46. The van der Waals surface area contributed by atoms with Gasteiger partial charge >= 0.3 is 0 Å². The fourth-order valence-corrected chi connectivity index (χ4v) is 2.61. The third-order valence-corrected chi connectivity index (χ3v) is 4.23. The number of carbonyl (C=O) groups is 1. The molecule has 2 heterocycles. The van der Waals surface area contributed by atoms with Crippen LogP contribution in [-0.4, -0.2) is 58.3 Å². The van der Waals surface area contributed by atoms with E-state index in [1.54, 1.807) is 6.26 Å². The number of nitrogens with one attached hydrogen (secondary N) is 2. The van der Waals surface area contributed by atoms with Gasteiger partial charge in [0, 0.05) is 25.9 Å². The molecule has 0 unspecified atom stereocenters. The minimum Gasteiger partial charge on any atom is -0.378 e. The smallest absolute Gasteiger partial charge is 0.248 e. The Morgan fingerprint density at radius 2 is 2.08 bits per heavy atom. The number of hydrazine groups is 1. The number of carbonyl (C=O) groups excluding carboxylic acids is 1. The molecular formula is C15H21N7O2S. The number of aromatic nitrogens is 3. The van der Waals surface area contributed by atoms with Crippen LogP contribution < -0.4 is 15.8 Å². The Morgan fingerprint density at radius 1 is 1.32 bits per heavy atom. The van der Waals surface area contributed by atoms with Crippen LogP contribution in [0.25, 0.3) is 0 Å². The van der Waals surface area contributed by atoms with Gasteiger partial charge in [0.15, 0.2) is 0 Å². The predicted molar refractivity (Wildman–Crippen MR) is 97.6 cm³/mol. The molecule has 0 bridgehead atoms. The summed E-state index contributed by atoms with van der Waals surface area (Å²) in [4.78, 5) is 19.2. The molecule has 1 aliphatic rings. The SMILES string of the molecule is CSN(C=O)Nn1nc(N2CCOCC2)nc1NCc1ccccc1. The number of rotatable bonds is 8. The highest BCUT2D eigenvalue weighted by Gasteiger charge is 2.19. The van der Waals surface area contributed by atoms with Gasteiger partial charge in [-0.3, -0.25) is 4.79 Å². The summed E-state index contributed by atoms with van der Waals surface area (Å²) >= 11 is 1.24. The van der Waals surface area contributed by atoms with E-state index in [0.29, 0.717) is 38.1 Å². The summed E-state index contributed by atoms with van der Waals surface area (Å²) in [5.41, 5.74) is 4.02. The molecule has 1 saturated heterocycles. The van der Waals surface area contributed by atoms with E-state index in [1.165, 1.54) is 21.2 Å².